The molecule has 0 unspecified atom stereocenters. The topological polar surface area (TPSA) is 66.9 Å². The molecule has 2 aromatic carbocycles. The highest BCUT2D eigenvalue weighted by Gasteiger charge is 2.07. The van der Waals surface area contributed by atoms with Gasteiger partial charge in [-0.05, 0) is 71.4 Å². The Kier molecular flexibility index (Phi) is 5.04. The van der Waals surface area contributed by atoms with Crippen LogP contribution in [0.3, 0.4) is 0 Å². The molecule has 0 spiro atoms. The van der Waals surface area contributed by atoms with Gasteiger partial charge >= 0.3 is 0 Å². The summed E-state index contributed by atoms with van der Waals surface area (Å²) in [5.74, 6) is 0.647. The number of nitrogens with zero attached hydrogens (tertiary/aromatic N) is 2. The van der Waals surface area contributed by atoms with Crippen molar-refractivity contribution in [3.05, 3.63) is 70.6 Å². The summed E-state index contributed by atoms with van der Waals surface area (Å²) in [6.45, 7) is 1.52. The van der Waals surface area contributed by atoms with E-state index in [1.54, 1.807) is 42.6 Å². The summed E-state index contributed by atoms with van der Waals surface area (Å²) in [7, 11) is 0. The maximum Gasteiger partial charge on any atom is 0.229 e. The second kappa shape index (κ2) is 7.40. The first-order chi connectivity index (χ1) is 12.0. The van der Waals surface area contributed by atoms with E-state index < -0.39 is 0 Å². The molecule has 3 aromatic rings. The number of halogens is 2. The average Bonchev–Trinajstić information content (AvgIpc) is 2.60. The van der Waals surface area contributed by atoms with Crippen molar-refractivity contribution in [2.75, 3.05) is 10.6 Å². The Morgan fingerprint density at radius 1 is 1.00 bits per heavy atom. The van der Waals surface area contributed by atoms with Gasteiger partial charge in [0.25, 0.3) is 0 Å². The van der Waals surface area contributed by atoms with Crippen molar-refractivity contribution in [2.24, 2.45) is 0 Å². The van der Waals surface area contributed by atoms with Crippen LogP contribution in [0.15, 0.2) is 59.2 Å². The molecule has 2 N–H and O–H groups in total. The van der Waals surface area contributed by atoms with Gasteiger partial charge in [0.1, 0.15) is 11.6 Å². The fraction of sp³-hybridized carbons (Fsp3) is 0.0556. The molecule has 25 heavy (non-hydrogen) atoms. The summed E-state index contributed by atoms with van der Waals surface area (Å²) in [6, 6.07) is 13.0. The van der Waals surface area contributed by atoms with Crippen molar-refractivity contribution in [1.29, 1.82) is 0 Å². The van der Waals surface area contributed by atoms with E-state index in [2.05, 4.69) is 36.5 Å². The molecule has 0 saturated carbocycles. The van der Waals surface area contributed by atoms with Crippen LogP contribution in [0.5, 0.6) is 0 Å². The molecular weight excluding hydrogens is 387 g/mol. The summed E-state index contributed by atoms with van der Waals surface area (Å²) in [4.78, 5) is 19.9. The highest BCUT2D eigenvalue weighted by Crippen LogP contribution is 2.25. The summed E-state index contributed by atoms with van der Waals surface area (Å²) in [5.41, 5.74) is 2.11. The van der Waals surface area contributed by atoms with E-state index >= 15 is 0 Å². The summed E-state index contributed by atoms with van der Waals surface area (Å²) >= 11 is 3.39. The monoisotopic (exact) mass is 400 g/mol. The maximum absolute atomic E-state index is 13.0. The zero-order valence-corrected chi connectivity index (χ0v) is 14.8. The molecule has 0 saturated heterocycles. The van der Waals surface area contributed by atoms with Crippen LogP contribution >= 0.6 is 15.9 Å². The molecule has 1 aromatic heterocycles. The van der Waals surface area contributed by atoms with Gasteiger partial charge in [-0.1, -0.05) is 0 Å². The predicted molar refractivity (Wildman–Crippen MR) is 99.1 cm³/mol. The molecule has 7 heteroatoms. The van der Waals surface area contributed by atoms with E-state index in [4.69, 9.17) is 0 Å². The molecule has 0 fully saturated rings. The molecule has 0 amide bonds. The molecule has 0 aliphatic carbocycles. The number of hydrogen-bond donors (Lipinski definition) is 2. The lowest BCUT2D eigenvalue weighted by atomic mass is 10.1. The van der Waals surface area contributed by atoms with Crippen molar-refractivity contribution in [3.63, 3.8) is 0 Å². The number of hydrogen-bond acceptors (Lipinski definition) is 5. The normalized spacial score (nSPS) is 10.4. The second-order valence-corrected chi connectivity index (χ2v) is 6.13. The van der Waals surface area contributed by atoms with Crippen LogP contribution in [0.4, 0.5) is 27.5 Å². The van der Waals surface area contributed by atoms with Gasteiger partial charge in [0.2, 0.25) is 5.95 Å². The Bertz CT molecular complexity index is 898. The Labute approximate surface area is 152 Å². The Morgan fingerprint density at radius 2 is 1.60 bits per heavy atom. The van der Waals surface area contributed by atoms with Crippen LogP contribution < -0.4 is 10.6 Å². The predicted octanol–water partition coefficient (Wildman–Crippen LogP) is 5.07. The minimum atomic E-state index is -0.302. The third kappa shape index (κ3) is 4.39. The fourth-order valence-electron chi connectivity index (χ4n) is 2.10. The summed E-state index contributed by atoms with van der Waals surface area (Å²) < 4.78 is 13.7. The van der Waals surface area contributed by atoms with Gasteiger partial charge in [0.15, 0.2) is 5.78 Å². The molecule has 0 atom stereocenters. The quantitative estimate of drug-likeness (QED) is 0.585. The largest absolute Gasteiger partial charge is 0.339 e. The second-order valence-electron chi connectivity index (χ2n) is 5.28. The van der Waals surface area contributed by atoms with Gasteiger partial charge in [0.05, 0.1) is 4.47 Å². The zero-order valence-electron chi connectivity index (χ0n) is 13.3. The highest BCUT2D eigenvalue weighted by molar-refractivity contribution is 9.10. The first kappa shape index (κ1) is 17.0. The van der Waals surface area contributed by atoms with E-state index in [1.807, 2.05) is 0 Å². The lowest BCUT2D eigenvalue weighted by molar-refractivity contribution is 0.101. The Hall–Kier alpha value is -2.80. The Balaban J connectivity index is 1.78. The fourth-order valence-corrected chi connectivity index (χ4v) is 2.39. The van der Waals surface area contributed by atoms with E-state index in [0.717, 1.165) is 5.69 Å². The molecule has 0 aliphatic heterocycles. The Morgan fingerprint density at radius 3 is 2.24 bits per heavy atom. The standard InChI is InChI=1S/C18H14BrFN4O/c1-11(25)12-2-6-15(7-3-12)23-18-21-10-16(19)17(24-18)22-14-8-4-13(20)5-9-14/h2-10H,1H3,(H2,21,22,23,24). The number of nitrogens with one attached hydrogen (secondary N) is 2. The number of Topliss-reactive ketones (excluding diaryl/α,β-unsaturated/α-hetero) is 1. The van der Waals surface area contributed by atoms with Gasteiger partial charge < -0.3 is 10.6 Å². The highest BCUT2D eigenvalue weighted by atomic mass is 79.9. The van der Waals surface area contributed by atoms with Gasteiger partial charge in [-0.2, -0.15) is 4.98 Å². The van der Waals surface area contributed by atoms with E-state index in [9.17, 15) is 9.18 Å². The molecule has 0 radical (unpaired) electrons. The number of carbonyl (C=O) groups excluding carboxylic acids is 1. The molecular formula is C18H14BrFN4O. The van der Waals surface area contributed by atoms with Crippen molar-refractivity contribution in [2.45, 2.75) is 6.92 Å². The average molecular weight is 401 g/mol. The molecule has 1 heterocycles. The van der Waals surface area contributed by atoms with Crippen molar-refractivity contribution < 1.29 is 9.18 Å². The smallest absolute Gasteiger partial charge is 0.229 e. The summed E-state index contributed by atoms with van der Waals surface area (Å²) in [6.07, 6.45) is 1.62. The maximum atomic E-state index is 13.0. The third-order valence-electron chi connectivity index (χ3n) is 3.40. The van der Waals surface area contributed by atoms with Crippen LogP contribution in [-0.4, -0.2) is 15.8 Å². The summed E-state index contributed by atoms with van der Waals surface area (Å²) in [5, 5.41) is 6.18. The van der Waals surface area contributed by atoms with E-state index in [1.165, 1.54) is 19.1 Å². The minimum Gasteiger partial charge on any atom is -0.339 e. The van der Waals surface area contributed by atoms with Crippen molar-refractivity contribution in [1.82, 2.24) is 9.97 Å². The number of benzene rings is 2. The molecule has 0 aliphatic rings. The number of anilines is 4. The SMILES string of the molecule is CC(=O)c1ccc(Nc2ncc(Br)c(Nc3ccc(F)cc3)n2)cc1. The third-order valence-corrected chi connectivity index (χ3v) is 3.98. The number of rotatable bonds is 5. The minimum absolute atomic E-state index is 0.0113. The first-order valence-corrected chi connectivity index (χ1v) is 8.24. The molecule has 5 nitrogen and oxygen atoms in total. The van der Waals surface area contributed by atoms with E-state index in [0.29, 0.717) is 27.5 Å². The van der Waals surface area contributed by atoms with Crippen LogP contribution in [0, 0.1) is 5.82 Å². The lowest BCUT2D eigenvalue weighted by Crippen LogP contribution is -2.02. The van der Waals surface area contributed by atoms with Gasteiger partial charge in [-0.15, -0.1) is 0 Å². The van der Waals surface area contributed by atoms with Crippen molar-refractivity contribution >= 4 is 44.9 Å². The lowest BCUT2D eigenvalue weighted by Gasteiger charge is -2.10. The van der Waals surface area contributed by atoms with Gasteiger partial charge in [-0.25, -0.2) is 9.37 Å². The zero-order chi connectivity index (χ0) is 17.8. The van der Waals surface area contributed by atoms with Gasteiger partial charge in [-0.3, -0.25) is 4.79 Å². The molecule has 3 rings (SSSR count). The van der Waals surface area contributed by atoms with Crippen LogP contribution in [0.1, 0.15) is 17.3 Å². The number of carbonyl (C=O) groups is 1. The molecule has 0 bridgehead atoms. The first-order valence-electron chi connectivity index (χ1n) is 7.44. The van der Waals surface area contributed by atoms with E-state index in [-0.39, 0.29) is 11.6 Å². The number of ketones is 1. The molecule has 126 valence electrons. The number of aromatic nitrogens is 2. The van der Waals surface area contributed by atoms with Gasteiger partial charge in [0, 0.05) is 23.1 Å². The van der Waals surface area contributed by atoms with Crippen LogP contribution in [0.2, 0.25) is 0 Å². The van der Waals surface area contributed by atoms with Crippen LogP contribution in [-0.2, 0) is 0 Å². The van der Waals surface area contributed by atoms with Crippen LogP contribution in [0.25, 0.3) is 0 Å². The van der Waals surface area contributed by atoms with Crippen molar-refractivity contribution in [3.8, 4) is 0 Å².